The number of nitrogens with two attached hydrogens (primary N) is 1. The van der Waals surface area contributed by atoms with E-state index in [0.29, 0.717) is 12.8 Å². The molecule has 0 fully saturated rings. The van der Waals surface area contributed by atoms with Crippen molar-refractivity contribution in [1.29, 1.82) is 0 Å². The van der Waals surface area contributed by atoms with E-state index in [1.165, 1.54) is 0 Å². The second-order valence-electron chi connectivity index (χ2n) is 12.1. The molecule has 2 atom stereocenters. The van der Waals surface area contributed by atoms with Gasteiger partial charge in [-0.15, -0.1) is 0 Å². The zero-order valence-electron chi connectivity index (χ0n) is 32.4. The largest absolute Gasteiger partial charge is 0.472 e. The number of allylic oxidation sites excluding steroid dienone is 18. The van der Waals surface area contributed by atoms with Crippen LogP contribution in [0, 0.1) is 0 Å². The fourth-order valence-corrected chi connectivity index (χ4v) is 5.21. The molecule has 0 aliphatic carbocycles. The number of carbonyl (C=O) groups is 2. The molecular formula is C43H68NO8P. The topological polar surface area (TPSA) is 134 Å². The van der Waals surface area contributed by atoms with E-state index < -0.39 is 32.5 Å². The van der Waals surface area contributed by atoms with Gasteiger partial charge >= 0.3 is 19.8 Å². The summed E-state index contributed by atoms with van der Waals surface area (Å²) in [6.45, 7) is 3.34. The summed E-state index contributed by atoms with van der Waals surface area (Å²) < 4.78 is 32.6. The molecule has 0 aliphatic rings. The molecule has 0 radical (unpaired) electrons. The second kappa shape index (κ2) is 38.4. The summed E-state index contributed by atoms with van der Waals surface area (Å²) in [5.41, 5.74) is 5.33. The van der Waals surface area contributed by atoms with Gasteiger partial charge < -0.3 is 20.1 Å². The van der Waals surface area contributed by atoms with E-state index in [0.717, 1.165) is 77.0 Å². The van der Waals surface area contributed by atoms with Gasteiger partial charge in [0, 0.05) is 19.4 Å². The highest BCUT2D eigenvalue weighted by Gasteiger charge is 2.25. The van der Waals surface area contributed by atoms with Crippen molar-refractivity contribution in [1.82, 2.24) is 0 Å². The molecule has 3 N–H and O–H groups in total. The van der Waals surface area contributed by atoms with Crippen LogP contribution in [-0.4, -0.2) is 49.3 Å². The highest BCUT2D eigenvalue weighted by atomic mass is 31.2. The van der Waals surface area contributed by atoms with Gasteiger partial charge in [-0.2, -0.15) is 0 Å². The van der Waals surface area contributed by atoms with Gasteiger partial charge in [0.05, 0.1) is 13.2 Å². The van der Waals surface area contributed by atoms with Gasteiger partial charge in [-0.1, -0.05) is 142 Å². The summed E-state index contributed by atoms with van der Waals surface area (Å²) in [4.78, 5) is 34.7. The Morgan fingerprint density at radius 3 is 1.72 bits per heavy atom. The molecule has 0 saturated heterocycles. The van der Waals surface area contributed by atoms with E-state index in [2.05, 4.69) is 86.8 Å². The number of phosphoric ester groups is 1. The van der Waals surface area contributed by atoms with Crippen LogP contribution in [0.1, 0.15) is 117 Å². The molecule has 298 valence electrons. The van der Waals surface area contributed by atoms with Gasteiger partial charge in [0.15, 0.2) is 6.10 Å². The number of ether oxygens (including phenoxy) is 2. The van der Waals surface area contributed by atoms with Crippen molar-refractivity contribution in [3.63, 3.8) is 0 Å². The van der Waals surface area contributed by atoms with Crippen LogP contribution in [-0.2, 0) is 32.7 Å². The van der Waals surface area contributed by atoms with Crippen LogP contribution in [0.2, 0.25) is 0 Å². The maximum atomic E-state index is 12.5. The molecule has 0 spiro atoms. The number of phosphoric acid groups is 1. The molecule has 0 aromatic rings. The molecule has 0 aromatic heterocycles. The molecule has 0 bridgehead atoms. The Kier molecular flexibility index (Phi) is 36.0. The summed E-state index contributed by atoms with van der Waals surface area (Å²) in [7, 11) is -4.40. The molecule has 0 amide bonds. The van der Waals surface area contributed by atoms with Crippen molar-refractivity contribution >= 4 is 19.8 Å². The second-order valence-corrected chi connectivity index (χ2v) is 13.6. The molecule has 9 nitrogen and oxygen atoms in total. The lowest BCUT2D eigenvalue weighted by molar-refractivity contribution is -0.161. The first-order chi connectivity index (χ1) is 25.8. The Morgan fingerprint density at radius 1 is 0.585 bits per heavy atom. The predicted octanol–water partition coefficient (Wildman–Crippen LogP) is 10.8. The number of rotatable bonds is 34. The van der Waals surface area contributed by atoms with Gasteiger partial charge in [-0.25, -0.2) is 4.57 Å². The minimum atomic E-state index is -4.40. The number of unbranched alkanes of at least 4 members (excludes halogenated alkanes) is 6. The number of hydrogen-bond acceptors (Lipinski definition) is 8. The predicted molar refractivity (Wildman–Crippen MR) is 219 cm³/mol. The highest BCUT2D eigenvalue weighted by molar-refractivity contribution is 7.47. The molecule has 0 rings (SSSR count). The van der Waals surface area contributed by atoms with E-state index in [4.69, 9.17) is 24.3 Å². The van der Waals surface area contributed by atoms with Gasteiger partial charge in [0.1, 0.15) is 6.61 Å². The van der Waals surface area contributed by atoms with Gasteiger partial charge in [0.2, 0.25) is 0 Å². The Morgan fingerprint density at radius 2 is 1.09 bits per heavy atom. The molecule has 0 aliphatic heterocycles. The summed E-state index contributed by atoms with van der Waals surface area (Å²) in [5.74, 6) is -0.940. The first-order valence-electron chi connectivity index (χ1n) is 19.4. The lowest BCUT2D eigenvalue weighted by Gasteiger charge is -2.19. The SMILES string of the molecule is CC/C=C/C=C/C=C/C=C/CCCCCCCC(=O)O[C@H](COC(=O)CCC/C=C/C/C=C/C/C=C/C/C=C/C/C=C/CC)COP(=O)(O)OCCN. The van der Waals surface area contributed by atoms with Crippen LogP contribution < -0.4 is 5.73 Å². The molecule has 10 heteroatoms. The van der Waals surface area contributed by atoms with Crippen LogP contribution in [0.15, 0.2) is 109 Å². The van der Waals surface area contributed by atoms with Crippen molar-refractivity contribution in [3.05, 3.63) is 109 Å². The molecule has 1 unspecified atom stereocenters. The van der Waals surface area contributed by atoms with Crippen LogP contribution in [0.5, 0.6) is 0 Å². The van der Waals surface area contributed by atoms with Crippen molar-refractivity contribution in [2.45, 2.75) is 123 Å². The molecule has 0 saturated carbocycles. The van der Waals surface area contributed by atoms with Crippen LogP contribution in [0.25, 0.3) is 0 Å². The summed E-state index contributed by atoms with van der Waals surface area (Å²) in [6.07, 6.45) is 49.8. The minimum Gasteiger partial charge on any atom is -0.462 e. The fraction of sp³-hybridized carbons (Fsp3) is 0.535. The van der Waals surface area contributed by atoms with Crippen molar-refractivity contribution in [2.75, 3.05) is 26.4 Å². The summed E-state index contributed by atoms with van der Waals surface area (Å²) in [6, 6.07) is 0. The zero-order valence-corrected chi connectivity index (χ0v) is 33.3. The maximum Gasteiger partial charge on any atom is 0.472 e. The van der Waals surface area contributed by atoms with E-state index in [-0.39, 0.29) is 32.6 Å². The van der Waals surface area contributed by atoms with Gasteiger partial charge in [-0.05, 0) is 70.6 Å². The van der Waals surface area contributed by atoms with Crippen molar-refractivity contribution < 1.29 is 37.6 Å². The van der Waals surface area contributed by atoms with E-state index >= 15 is 0 Å². The van der Waals surface area contributed by atoms with E-state index in [9.17, 15) is 19.0 Å². The molecule has 53 heavy (non-hydrogen) atoms. The Labute approximate surface area is 320 Å². The van der Waals surface area contributed by atoms with Crippen LogP contribution >= 0.6 is 7.82 Å². The third-order valence-electron chi connectivity index (χ3n) is 7.25. The number of esters is 2. The zero-order chi connectivity index (χ0) is 38.9. The van der Waals surface area contributed by atoms with Crippen LogP contribution in [0.4, 0.5) is 0 Å². The Bertz CT molecular complexity index is 1230. The molecule has 0 aromatic carbocycles. The maximum absolute atomic E-state index is 12.5. The van der Waals surface area contributed by atoms with Crippen molar-refractivity contribution in [3.8, 4) is 0 Å². The van der Waals surface area contributed by atoms with Gasteiger partial charge in [0.25, 0.3) is 0 Å². The van der Waals surface area contributed by atoms with Crippen molar-refractivity contribution in [2.24, 2.45) is 5.73 Å². The highest BCUT2D eigenvalue weighted by Crippen LogP contribution is 2.43. The standard InChI is InChI=1S/C43H68NO8P/c1-3-5-7-9-11-13-15-17-19-20-22-23-25-27-29-31-33-35-42(45)49-39-41(40-51-53(47,48)50-38-37-44)52-43(46)36-34-32-30-28-26-24-21-18-16-14-12-10-8-6-4-2/h5-8,10-14,16-19,21-23,27,29,41H,3-4,9,15,20,24-26,28,30-40,44H2,1-2H3,(H,47,48)/b7-5+,8-6+,12-10+,13-11+,16-14+,19-17+,21-18+,23-22+,29-27+/t41-/m1/s1. The summed E-state index contributed by atoms with van der Waals surface area (Å²) >= 11 is 0. The quantitative estimate of drug-likeness (QED) is 0.0216. The monoisotopic (exact) mass is 757 g/mol. The normalized spacial score (nSPS) is 14.6. The average Bonchev–Trinajstić information content (AvgIpc) is 3.14. The number of carbonyl (C=O) groups excluding carboxylic acids is 2. The first-order valence-corrected chi connectivity index (χ1v) is 20.9. The lowest BCUT2D eigenvalue weighted by Crippen LogP contribution is -2.29. The Hall–Kier alpha value is -3.33. The smallest absolute Gasteiger partial charge is 0.462 e. The average molecular weight is 758 g/mol. The third-order valence-corrected chi connectivity index (χ3v) is 8.23. The third kappa shape index (κ3) is 38.2. The van der Waals surface area contributed by atoms with E-state index in [1.807, 2.05) is 36.5 Å². The van der Waals surface area contributed by atoms with E-state index in [1.54, 1.807) is 0 Å². The number of hydrogen-bond donors (Lipinski definition) is 2. The molecule has 0 heterocycles. The minimum absolute atomic E-state index is 0.0346. The van der Waals surface area contributed by atoms with Crippen LogP contribution in [0.3, 0.4) is 0 Å². The Balaban J connectivity index is 4.39. The van der Waals surface area contributed by atoms with Gasteiger partial charge in [-0.3, -0.25) is 18.6 Å². The first kappa shape index (κ1) is 49.7. The summed E-state index contributed by atoms with van der Waals surface area (Å²) in [5, 5.41) is 0. The molecular weight excluding hydrogens is 689 g/mol. The fourth-order valence-electron chi connectivity index (χ4n) is 4.44. The lowest BCUT2D eigenvalue weighted by atomic mass is 10.1.